The molecule has 0 atom stereocenters. The van der Waals surface area contributed by atoms with Crippen molar-refractivity contribution in [3.63, 3.8) is 0 Å². The fraction of sp³-hybridized carbons (Fsp3) is 0.231. The molecule has 0 radical (unpaired) electrons. The number of halogens is 1. The summed E-state index contributed by atoms with van der Waals surface area (Å²) in [6.07, 6.45) is 1.78. The Morgan fingerprint density at radius 1 is 1.28 bits per heavy atom. The Morgan fingerprint density at radius 2 is 2.00 bits per heavy atom. The summed E-state index contributed by atoms with van der Waals surface area (Å²) in [6, 6.07) is 8.40. The van der Waals surface area contributed by atoms with Gasteiger partial charge < -0.3 is 5.32 Å². The Morgan fingerprint density at radius 3 is 2.67 bits per heavy atom. The molecule has 1 aromatic heterocycles. The van der Waals surface area contributed by atoms with Crippen LogP contribution >= 0.6 is 27.7 Å². The number of hydrogen-bond acceptors (Lipinski definition) is 4. The van der Waals surface area contributed by atoms with Gasteiger partial charge in [0.1, 0.15) is 5.03 Å². The standard InChI is InChI=1S/C13H14BrN3S/c1-3-15-13-16-8-11(14)12(17-13)18-10-6-4-9(2)5-7-10/h4-8H,3H2,1-2H3,(H,15,16,17). The van der Waals surface area contributed by atoms with Gasteiger partial charge in [0.15, 0.2) is 0 Å². The second-order valence-electron chi connectivity index (χ2n) is 3.79. The highest BCUT2D eigenvalue weighted by Crippen LogP contribution is 2.32. The molecule has 0 amide bonds. The second kappa shape index (κ2) is 6.20. The number of nitrogens with zero attached hydrogens (tertiary/aromatic N) is 2. The molecule has 0 bridgehead atoms. The van der Waals surface area contributed by atoms with Crippen LogP contribution in [0.1, 0.15) is 12.5 Å². The number of aromatic nitrogens is 2. The van der Waals surface area contributed by atoms with Gasteiger partial charge in [-0.05, 0) is 41.9 Å². The average Bonchev–Trinajstić information content (AvgIpc) is 2.36. The Bertz CT molecular complexity index is 528. The van der Waals surface area contributed by atoms with Crippen molar-refractivity contribution in [3.8, 4) is 0 Å². The molecule has 2 rings (SSSR count). The molecule has 0 aliphatic carbocycles. The third kappa shape index (κ3) is 3.46. The summed E-state index contributed by atoms with van der Waals surface area (Å²) in [5, 5.41) is 4.03. The van der Waals surface area contributed by atoms with E-state index in [0.29, 0.717) is 5.95 Å². The molecule has 0 saturated carbocycles. The van der Waals surface area contributed by atoms with Crippen LogP contribution in [0.3, 0.4) is 0 Å². The molecule has 0 saturated heterocycles. The fourth-order valence-corrected chi connectivity index (χ4v) is 2.60. The van der Waals surface area contributed by atoms with E-state index in [4.69, 9.17) is 0 Å². The summed E-state index contributed by atoms with van der Waals surface area (Å²) in [7, 11) is 0. The molecule has 5 heteroatoms. The van der Waals surface area contributed by atoms with Crippen LogP contribution in [0.4, 0.5) is 5.95 Å². The smallest absolute Gasteiger partial charge is 0.223 e. The van der Waals surface area contributed by atoms with Crippen molar-refractivity contribution >= 4 is 33.6 Å². The largest absolute Gasteiger partial charge is 0.354 e. The molecular weight excluding hydrogens is 310 g/mol. The van der Waals surface area contributed by atoms with Gasteiger partial charge in [-0.3, -0.25) is 0 Å². The van der Waals surface area contributed by atoms with Crippen LogP contribution < -0.4 is 5.32 Å². The zero-order valence-electron chi connectivity index (χ0n) is 10.3. The van der Waals surface area contributed by atoms with E-state index in [2.05, 4.69) is 62.4 Å². The van der Waals surface area contributed by atoms with Gasteiger partial charge in [0.05, 0.1) is 4.47 Å². The van der Waals surface area contributed by atoms with Crippen molar-refractivity contribution in [3.05, 3.63) is 40.5 Å². The Hall–Kier alpha value is -1.07. The number of nitrogens with one attached hydrogen (secondary N) is 1. The molecule has 0 aliphatic heterocycles. The van der Waals surface area contributed by atoms with E-state index < -0.39 is 0 Å². The molecule has 2 aromatic rings. The molecule has 1 aromatic carbocycles. The van der Waals surface area contributed by atoms with Gasteiger partial charge in [0.25, 0.3) is 0 Å². The normalized spacial score (nSPS) is 10.4. The fourth-order valence-electron chi connectivity index (χ4n) is 1.38. The minimum Gasteiger partial charge on any atom is -0.354 e. The lowest BCUT2D eigenvalue weighted by molar-refractivity contribution is 0.999. The lowest BCUT2D eigenvalue weighted by Crippen LogP contribution is -2.02. The van der Waals surface area contributed by atoms with Gasteiger partial charge in [-0.1, -0.05) is 29.5 Å². The van der Waals surface area contributed by atoms with Crippen LogP contribution in [-0.4, -0.2) is 16.5 Å². The Kier molecular flexibility index (Phi) is 4.60. The van der Waals surface area contributed by atoms with Crippen LogP contribution in [0.2, 0.25) is 0 Å². The highest BCUT2D eigenvalue weighted by Gasteiger charge is 2.06. The Labute approximate surface area is 120 Å². The van der Waals surface area contributed by atoms with E-state index in [-0.39, 0.29) is 0 Å². The average molecular weight is 324 g/mol. The monoisotopic (exact) mass is 323 g/mol. The summed E-state index contributed by atoms with van der Waals surface area (Å²) >= 11 is 5.10. The van der Waals surface area contributed by atoms with Gasteiger partial charge in [-0.15, -0.1) is 0 Å². The molecule has 0 spiro atoms. The first-order chi connectivity index (χ1) is 8.69. The SMILES string of the molecule is CCNc1ncc(Br)c(Sc2ccc(C)cc2)n1. The van der Waals surface area contributed by atoms with Crippen LogP contribution in [0, 0.1) is 6.92 Å². The van der Waals surface area contributed by atoms with Crippen LogP contribution in [0.5, 0.6) is 0 Å². The lowest BCUT2D eigenvalue weighted by atomic mass is 10.2. The predicted octanol–water partition coefficient (Wildman–Crippen LogP) is 4.13. The molecule has 1 heterocycles. The van der Waals surface area contributed by atoms with Crippen molar-refractivity contribution in [1.82, 2.24) is 9.97 Å². The summed E-state index contributed by atoms with van der Waals surface area (Å²) in [5.41, 5.74) is 1.26. The molecule has 18 heavy (non-hydrogen) atoms. The van der Waals surface area contributed by atoms with Gasteiger partial charge >= 0.3 is 0 Å². The molecule has 0 fully saturated rings. The van der Waals surface area contributed by atoms with Gasteiger partial charge in [0.2, 0.25) is 5.95 Å². The highest BCUT2D eigenvalue weighted by molar-refractivity contribution is 9.10. The number of aryl methyl sites for hydroxylation is 1. The van der Waals surface area contributed by atoms with E-state index in [0.717, 1.165) is 16.0 Å². The van der Waals surface area contributed by atoms with E-state index in [1.165, 1.54) is 10.5 Å². The maximum absolute atomic E-state index is 4.47. The van der Waals surface area contributed by atoms with Crippen LogP contribution in [0.15, 0.2) is 44.9 Å². The number of anilines is 1. The molecule has 0 aliphatic rings. The van der Waals surface area contributed by atoms with E-state index in [1.54, 1.807) is 18.0 Å². The lowest BCUT2D eigenvalue weighted by Gasteiger charge is -2.06. The van der Waals surface area contributed by atoms with Gasteiger partial charge in [0, 0.05) is 17.6 Å². The van der Waals surface area contributed by atoms with Crippen molar-refractivity contribution < 1.29 is 0 Å². The molecular formula is C13H14BrN3S. The topological polar surface area (TPSA) is 37.8 Å². The predicted molar refractivity (Wildman–Crippen MR) is 79.2 cm³/mol. The molecule has 1 N–H and O–H groups in total. The van der Waals surface area contributed by atoms with Crippen LogP contribution in [0.25, 0.3) is 0 Å². The maximum atomic E-state index is 4.47. The van der Waals surface area contributed by atoms with Crippen molar-refractivity contribution in [2.45, 2.75) is 23.8 Å². The quantitative estimate of drug-likeness (QED) is 0.858. The first-order valence-corrected chi connectivity index (χ1v) is 7.31. The molecule has 3 nitrogen and oxygen atoms in total. The molecule has 0 unspecified atom stereocenters. The maximum Gasteiger partial charge on any atom is 0.223 e. The summed E-state index contributed by atoms with van der Waals surface area (Å²) in [4.78, 5) is 9.84. The van der Waals surface area contributed by atoms with Crippen LogP contribution in [-0.2, 0) is 0 Å². The third-order valence-electron chi connectivity index (χ3n) is 2.28. The first-order valence-electron chi connectivity index (χ1n) is 5.70. The zero-order chi connectivity index (χ0) is 13.0. The summed E-state index contributed by atoms with van der Waals surface area (Å²) < 4.78 is 0.912. The van der Waals surface area contributed by atoms with E-state index >= 15 is 0 Å². The number of hydrogen-bond donors (Lipinski definition) is 1. The first kappa shape index (κ1) is 13.4. The van der Waals surface area contributed by atoms with Crippen molar-refractivity contribution in [2.75, 3.05) is 11.9 Å². The molecule has 94 valence electrons. The van der Waals surface area contributed by atoms with E-state index in [9.17, 15) is 0 Å². The van der Waals surface area contributed by atoms with Crippen molar-refractivity contribution in [2.24, 2.45) is 0 Å². The number of benzene rings is 1. The third-order valence-corrected chi connectivity index (χ3v) is 4.14. The zero-order valence-corrected chi connectivity index (χ0v) is 12.7. The second-order valence-corrected chi connectivity index (χ2v) is 5.71. The van der Waals surface area contributed by atoms with Gasteiger partial charge in [-0.2, -0.15) is 0 Å². The van der Waals surface area contributed by atoms with Crippen molar-refractivity contribution in [1.29, 1.82) is 0 Å². The van der Waals surface area contributed by atoms with E-state index in [1.807, 2.05) is 6.92 Å². The number of rotatable bonds is 4. The highest BCUT2D eigenvalue weighted by atomic mass is 79.9. The minimum absolute atomic E-state index is 0.662. The van der Waals surface area contributed by atoms with Gasteiger partial charge in [-0.25, -0.2) is 9.97 Å². The Balaban J connectivity index is 2.22. The minimum atomic E-state index is 0.662. The summed E-state index contributed by atoms with van der Waals surface area (Å²) in [5.74, 6) is 0.662. The summed E-state index contributed by atoms with van der Waals surface area (Å²) in [6.45, 7) is 4.92.